The molecule has 0 N–H and O–H groups in total. The van der Waals surface area contributed by atoms with E-state index < -0.39 is 0 Å². The van der Waals surface area contributed by atoms with Crippen LogP contribution in [0.3, 0.4) is 0 Å². The van der Waals surface area contributed by atoms with Crippen LogP contribution in [0.25, 0.3) is 0 Å². The Morgan fingerprint density at radius 2 is 1.96 bits per heavy atom. The molecule has 3 rings (SSSR count). The lowest BCUT2D eigenvalue weighted by Crippen LogP contribution is -2.32. The third-order valence-electron chi connectivity index (χ3n) is 4.48. The maximum Gasteiger partial charge on any atom is 0.227 e. The number of anilines is 2. The number of fused-ring (bicyclic) bond motifs is 1. The molecule has 0 atom stereocenters. The fraction of sp³-hybridized carbons (Fsp3) is 0.474. The van der Waals surface area contributed by atoms with Gasteiger partial charge >= 0.3 is 0 Å². The summed E-state index contributed by atoms with van der Waals surface area (Å²) in [6.07, 6.45) is 3.45. The summed E-state index contributed by atoms with van der Waals surface area (Å²) in [7, 11) is 2.12. The van der Waals surface area contributed by atoms with Gasteiger partial charge in [0.25, 0.3) is 0 Å². The normalized spacial score (nSPS) is 13.8. The fourth-order valence-corrected chi connectivity index (χ4v) is 3.05. The second kappa shape index (κ2) is 6.99. The van der Waals surface area contributed by atoms with Crippen molar-refractivity contribution in [2.75, 3.05) is 29.9 Å². The monoisotopic (exact) mass is 310 g/mol. The van der Waals surface area contributed by atoms with Gasteiger partial charge in [0.2, 0.25) is 5.95 Å². The van der Waals surface area contributed by atoms with Crippen LogP contribution in [0, 0.1) is 6.92 Å². The molecule has 23 heavy (non-hydrogen) atoms. The molecule has 0 saturated heterocycles. The molecule has 0 bridgehead atoms. The Kier molecular flexibility index (Phi) is 4.79. The average molecular weight is 310 g/mol. The minimum atomic E-state index is 0.859. The Balaban J connectivity index is 1.82. The number of hydrogen-bond acceptors (Lipinski definition) is 4. The van der Waals surface area contributed by atoms with E-state index >= 15 is 0 Å². The molecule has 0 amide bonds. The van der Waals surface area contributed by atoms with Gasteiger partial charge in [0.15, 0.2) is 0 Å². The molecule has 1 aliphatic heterocycles. The van der Waals surface area contributed by atoms with Crippen molar-refractivity contribution in [2.45, 2.75) is 39.7 Å². The van der Waals surface area contributed by atoms with Crippen molar-refractivity contribution in [2.24, 2.45) is 0 Å². The lowest BCUT2D eigenvalue weighted by atomic mass is 10.0. The van der Waals surface area contributed by atoms with Crippen LogP contribution >= 0.6 is 0 Å². The Hall–Kier alpha value is -2.10. The Morgan fingerprint density at radius 1 is 1.17 bits per heavy atom. The lowest BCUT2D eigenvalue weighted by Gasteiger charge is -2.30. The summed E-state index contributed by atoms with van der Waals surface area (Å²) in [4.78, 5) is 14.0. The predicted octanol–water partition coefficient (Wildman–Crippen LogP) is 3.58. The number of unbranched alkanes of at least 4 members (excludes halogenated alkanes) is 1. The first-order chi connectivity index (χ1) is 11.2. The number of hydrogen-bond donors (Lipinski definition) is 0. The van der Waals surface area contributed by atoms with Crippen LogP contribution in [0.4, 0.5) is 11.8 Å². The topological polar surface area (TPSA) is 32.3 Å². The minimum absolute atomic E-state index is 0.859. The maximum absolute atomic E-state index is 4.82. The first-order valence-electron chi connectivity index (χ1n) is 8.56. The molecule has 0 radical (unpaired) electrons. The van der Waals surface area contributed by atoms with Gasteiger partial charge in [-0.15, -0.1) is 0 Å². The van der Waals surface area contributed by atoms with E-state index in [0.717, 1.165) is 43.5 Å². The minimum Gasteiger partial charge on any atom is -0.360 e. The van der Waals surface area contributed by atoms with E-state index in [-0.39, 0.29) is 0 Å². The molecule has 0 saturated carbocycles. The molecule has 1 aromatic carbocycles. The Bertz CT molecular complexity index is 668. The molecular formula is C19H26N4. The highest BCUT2D eigenvalue weighted by Gasteiger charge is 2.19. The van der Waals surface area contributed by atoms with Crippen molar-refractivity contribution < 1.29 is 0 Å². The Morgan fingerprint density at radius 3 is 2.74 bits per heavy atom. The van der Waals surface area contributed by atoms with Crippen molar-refractivity contribution in [1.29, 1.82) is 0 Å². The lowest BCUT2D eigenvalue weighted by molar-refractivity contribution is 0.701. The summed E-state index contributed by atoms with van der Waals surface area (Å²) in [5.41, 5.74) is 3.88. The van der Waals surface area contributed by atoms with Crippen LogP contribution in [0.1, 0.15) is 36.6 Å². The molecule has 0 spiro atoms. The zero-order chi connectivity index (χ0) is 16.2. The Labute approximate surface area is 139 Å². The second-order valence-electron chi connectivity index (χ2n) is 6.38. The van der Waals surface area contributed by atoms with Gasteiger partial charge in [-0.2, -0.15) is 4.98 Å². The van der Waals surface area contributed by atoms with Crippen LogP contribution in [-0.4, -0.2) is 30.1 Å². The third kappa shape index (κ3) is 3.63. The number of aromatic nitrogens is 2. The molecular weight excluding hydrogens is 284 g/mol. The molecule has 2 heterocycles. The zero-order valence-corrected chi connectivity index (χ0v) is 14.4. The fourth-order valence-electron chi connectivity index (χ4n) is 3.05. The number of rotatable bonds is 5. The molecule has 4 nitrogen and oxygen atoms in total. The summed E-state index contributed by atoms with van der Waals surface area (Å²) in [5, 5.41) is 0. The van der Waals surface area contributed by atoms with Crippen molar-refractivity contribution in [3.63, 3.8) is 0 Å². The first-order valence-corrected chi connectivity index (χ1v) is 8.56. The highest BCUT2D eigenvalue weighted by Crippen LogP contribution is 2.24. The smallest absolute Gasteiger partial charge is 0.227 e. The molecule has 4 heteroatoms. The zero-order valence-electron chi connectivity index (χ0n) is 14.4. The molecule has 122 valence electrons. The van der Waals surface area contributed by atoms with Crippen molar-refractivity contribution >= 4 is 11.8 Å². The van der Waals surface area contributed by atoms with Gasteiger partial charge in [-0.3, -0.25) is 0 Å². The molecule has 1 aliphatic rings. The SMILES string of the molecule is CCCCN(C)c1cc(C)nc(N2CCc3ccccc3C2)n1. The van der Waals surface area contributed by atoms with E-state index in [1.54, 1.807) is 0 Å². The van der Waals surface area contributed by atoms with Crippen LogP contribution in [0.5, 0.6) is 0 Å². The van der Waals surface area contributed by atoms with E-state index in [1.165, 1.54) is 24.0 Å². The first kappa shape index (κ1) is 15.8. The van der Waals surface area contributed by atoms with Gasteiger partial charge in [0.1, 0.15) is 5.82 Å². The van der Waals surface area contributed by atoms with Crippen LogP contribution in [0.2, 0.25) is 0 Å². The van der Waals surface area contributed by atoms with E-state index in [9.17, 15) is 0 Å². The molecule has 2 aromatic rings. The third-order valence-corrected chi connectivity index (χ3v) is 4.48. The number of nitrogens with zero attached hydrogens (tertiary/aromatic N) is 4. The van der Waals surface area contributed by atoms with Crippen molar-refractivity contribution in [3.05, 3.63) is 47.2 Å². The highest BCUT2D eigenvalue weighted by molar-refractivity contribution is 5.47. The number of aryl methyl sites for hydroxylation is 1. The summed E-state index contributed by atoms with van der Waals surface area (Å²) < 4.78 is 0. The van der Waals surface area contributed by atoms with E-state index in [2.05, 4.69) is 66.0 Å². The molecule has 0 aliphatic carbocycles. The summed E-state index contributed by atoms with van der Waals surface area (Å²) in [6, 6.07) is 10.8. The predicted molar refractivity (Wildman–Crippen MR) is 96.1 cm³/mol. The van der Waals surface area contributed by atoms with Gasteiger partial charge in [0.05, 0.1) is 0 Å². The summed E-state index contributed by atoms with van der Waals surface area (Å²) in [5.74, 6) is 1.89. The summed E-state index contributed by atoms with van der Waals surface area (Å²) >= 11 is 0. The highest BCUT2D eigenvalue weighted by atomic mass is 15.3. The maximum atomic E-state index is 4.82. The van der Waals surface area contributed by atoms with Gasteiger partial charge in [0, 0.05) is 38.4 Å². The van der Waals surface area contributed by atoms with Gasteiger partial charge in [-0.25, -0.2) is 4.98 Å². The van der Waals surface area contributed by atoms with Gasteiger partial charge in [-0.05, 0) is 30.9 Å². The van der Waals surface area contributed by atoms with Gasteiger partial charge in [-0.1, -0.05) is 37.6 Å². The van der Waals surface area contributed by atoms with E-state index in [4.69, 9.17) is 4.98 Å². The van der Waals surface area contributed by atoms with E-state index in [0.29, 0.717) is 0 Å². The van der Waals surface area contributed by atoms with Crippen molar-refractivity contribution in [3.8, 4) is 0 Å². The second-order valence-corrected chi connectivity index (χ2v) is 6.38. The van der Waals surface area contributed by atoms with E-state index in [1.807, 2.05) is 0 Å². The van der Waals surface area contributed by atoms with Crippen LogP contribution in [-0.2, 0) is 13.0 Å². The van der Waals surface area contributed by atoms with Gasteiger partial charge < -0.3 is 9.80 Å². The quantitative estimate of drug-likeness (QED) is 0.845. The van der Waals surface area contributed by atoms with Crippen LogP contribution < -0.4 is 9.80 Å². The summed E-state index contributed by atoms with van der Waals surface area (Å²) in [6.45, 7) is 7.20. The van der Waals surface area contributed by atoms with Crippen molar-refractivity contribution in [1.82, 2.24) is 9.97 Å². The number of benzene rings is 1. The standard InChI is InChI=1S/C19H26N4/c1-4-5-11-22(3)18-13-15(2)20-19(21-18)23-12-10-16-8-6-7-9-17(16)14-23/h6-9,13H,4-5,10-12,14H2,1-3H3. The largest absolute Gasteiger partial charge is 0.360 e. The molecule has 0 unspecified atom stereocenters. The van der Waals surface area contributed by atoms with Crippen LogP contribution in [0.15, 0.2) is 30.3 Å². The average Bonchev–Trinajstić information content (AvgIpc) is 2.58. The molecule has 0 fully saturated rings. The molecule has 1 aromatic heterocycles.